The molecule has 0 aliphatic carbocycles. The molecule has 0 aliphatic rings. The van der Waals surface area contributed by atoms with Gasteiger partial charge in [-0.2, -0.15) is 13.2 Å². The number of ether oxygens (including phenoxy) is 1. The van der Waals surface area contributed by atoms with Crippen molar-refractivity contribution >= 4 is 11.3 Å². The number of nitrogens with zero attached hydrogens (tertiary/aromatic N) is 1. The van der Waals surface area contributed by atoms with E-state index in [1.807, 2.05) is 17.5 Å². The highest BCUT2D eigenvalue weighted by molar-refractivity contribution is 7.09. The van der Waals surface area contributed by atoms with Crippen molar-refractivity contribution in [1.29, 1.82) is 0 Å². The number of thiophene rings is 1. The molecule has 0 saturated heterocycles. The Labute approximate surface area is 112 Å². The second-order valence-electron chi connectivity index (χ2n) is 4.00. The summed E-state index contributed by atoms with van der Waals surface area (Å²) in [5.41, 5.74) is -0.455. The van der Waals surface area contributed by atoms with Gasteiger partial charge in [-0.1, -0.05) is 6.07 Å². The Balaban J connectivity index is 2.07. The van der Waals surface area contributed by atoms with Gasteiger partial charge in [0.25, 0.3) is 0 Å². The van der Waals surface area contributed by atoms with E-state index >= 15 is 0 Å². The zero-order valence-corrected chi connectivity index (χ0v) is 11.0. The predicted molar refractivity (Wildman–Crippen MR) is 67.5 cm³/mol. The number of rotatable bonds is 4. The van der Waals surface area contributed by atoms with Crippen LogP contribution in [-0.4, -0.2) is 11.6 Å². The van der Waals surface area contributed by atoms with Gasteiger partial charge in [0.2, 0.25) is 0 Å². The first kappa shape index (κ1) is 13.9. The van der Waals surface area contributed by atoms with Crippen LogP contribution in [-0.2, 0) is 12.6 Å². The lowest BCUT2D eigenvalue weighted by Crippen LogP contribution is -2.11. The van der Waals surface area contributed by atoms with Crippen molar-refractivity contribution < 1.29 is 17.9 Å². The molecule has 0 atom stereocenters. The smallest absolute Gasteiger partial charge is 0.420 e. The molecule has 0 radical (unpaired) electrons. The van der Waals surface area contributed by atoms with Gasteiger partial charge >= 0.3 is 6.18 Å². The minimum Gasteiger partial charge on any atom is -0.491 e. The predicted octanol–water partition coefficient (Wildman–Crippen LogP) is 4.09. The third-order valence-electron chi connectivity index (χ3n) is 2.50. The van der Waals surface area contributed by atoms with Gasteiger partial charge in [-0.05, 0) is 24.4 Å². The molecular weight excluding hydrogens is 275 g/mol. The number of pyridine rings is 1. The maximum atomic E-state index is 12.8. The Morgan fingerprint density at radius 1 is 1.37 bits per heavy atom. The molecule has 0 aromatic carbocycles. The first-order chi connectivity index (χ1) is 8.97. The minimum atomic E-state index is -4.42. The number of halogens is 3. The molecule has 0 saturated carbocycles. The maximum Gasteiger partial charge on any atom is 0.420 e. The normalized spacial score (nSPS) is 11.6. The molecule has 2 heterocycles. The molecular formula is C13H12F3NOS. The number of hydrogen-bond acceptors (Lipinski definition) is 3. The molecule has 19 heavy (non-hydrogen) atoms. The Morgan fingerprint density at radius 3 is 2.79 bits per heavy atom. The number of aryl methyl sites for hydroxylation is 1. The van der Waals surface area contributed by atoms with Crippen molar-refractivity contribution in [3.8, 4) is 5.75 Å². The summed E-state index contributed by atoms with van der Waals surface area (Å²) in [6.07, 6.45) is -2.71. The number of alkyl halides is 3. The standard InChI is InChI=1S/C13H12F3NOS/c1-9-7-11(13(14,15)16)12(8-17-9)18-5-4-10-3-2-6-19-10/h2-3,6-8H,4-5H2,1H3. The van der Waals surface area contributed by atoms with Gasteiger partial charge in [0.05, 0.1) is 12.8 Å². The van der Waals surface area contributed by atoms with Crippen molar-refractivity contribution in [2.24, 2.45) is 0 Å². The molecule has 0 amide bonds. The fourth-order valence-corrected chi connectivity index (χ4v) is 2.29. The van der Waals surface area contributed by atoms with E-state index in [2.05, 4.69) is 4.98 Å². The van der Waals surface area contributed by atoms with Crippen LogP contribution in [0.2, 0.25) is 0 Å². The van der Waals surface area contributed by atoms with E-state index in [-0.39, 0.29) is 12.4 Å². The summed E-state index contributed by atoms with van der Waals surface area (Å²) in [5.74, 6) is -0.213. The lowest BCUT2D eigenvalue weighted by Gasteiger charge is -2.13. The summed E-state index contributed by atoms with van der Waals surface area (Å²) < 4.78 is 43.7. The van der Waals surface area contributed by atoms with E-state index in [0.717, 1.165) is 17.1 Å². The van der Waals surface area contributed by atoms with Crippen LogP contribution < -0.4 is 4.74 Å². The van der Waals surface area contributed by atoms with Crippen molar-refractivity contribution in [1.82, 2.24) is 4.98 Å². The zero-order chi connectivity index (χ0) is 13.9. The third-order valence-corrected chi connectivity index (χ3v) is 3.43. The van der Waals surface area contributed by atoms with Gasteiger partial charge in [-0.25, -0.2) is 0 Å². The van der Waals surface area contributed by atoms with Gasteiger partial charge in [-0.3, -0.25) is 4.98 Å². The Bertz CT molecular complexity index is 537. The van der Waals surface area contributed by atoms with E-state index in [1.54, 1.807) is 11.3 Å². The average molecular weight is 287 g/mol. The van der Waals surface area contributed by atoms with Crippen LogP contribution in [0.5, 0.6) is 5.75 Å². The molecule has 0 bridgehead atoms. The molecule has 2 rings (SSSR count). The van der Waals surface area contributed by atoms with E-state index in [1.165, 1.54) is 6.92 Å². The highest BCUT2D eigenvalue weighted by Crippen LogP contribution is 2.36. The van der Waals surface area contributed by atoms with E-state index in [9.17, 15) is 13.2 Å². The molecule has 102 valence electrons. The molecule has 6 heteroatoms. The first-order valence-corrected chi connectivity index (χ1v) is 6.54. The summed E-state index contributed by atoms with van der Waals surface area (Å²) >= 11 is 1.55. The molecule has 0 N–H and O–H groups in total. The van der Waals surface area contributed by atoms with E-state index in [0.29, 0.717) is 12.1 Å². The molecule has 0 aliphatic heterocycles. The highest BCUT2D eigenvalue weighted by Gasteiger charge is 2.34. The Kier molecular flexibility index (Phi) is 4.09. The summed E-state index contributed by atoms with van der Waals surface area (Å²) in [7, 11) is 0. The van der Waals surface area contributed by atoms with E-state index in [4.69, 9.17) is 4.74 Å². The maximum absolute atomic E-state index is 12.8. The van der Waals surface area contributed by atoms with Gasteiger partial charge in [0, 0.05) is 17.0 Å². The molecule has 0 spiro atoms. The lowest BCUT2D eigenvalue weighted by molar-refractivity contribution is -0.139. The van der Waals surface area contributed by atoms with Gasteiger partial charge in [-0.15, -0.1) is 11.3 Å². The summed E-state index contributed by atoms with van der Waals surface area (Å²) in [6, 6.07) is 4.82. The quantitative estimate of drug-likeness (QED) is 0.845. The van der Waals surface area contributed by atoms with Crippen LogP contribution in [0, 0.1) is 6.92 Å². The topological polar surface area (TPSA) is 22.1 Å². The van der Waals surface area contributed by atoms with Crippen LogP contribution in [0.15, 0.2) is 29.8 Å². The summed E-state index contributed by atoms with van der Waals surface area (Å²) in [4.78, 5) is 4.92. The highest BCUT2D eigenvalue weighted by atomic mass is 32.1. The number of hydrogen-bond donors (Lipinski definition) is 0. The average Bonchev–Trinajstić information content (AvgIpc) is 2.83. The fourth-order valence-electron chi connectivity index (χ4n) is 1.60. The molecule has 0 fully saturated rings. The van der Waals surface area contributed by atoms with Crippen LogP contribution in [0.25, 0.3) is 0 Å². The summed E-state index contributed by atoms with van der Waals surface area (Å²) in [5, 5.41) is 1.92. The lowest BCUT2D eigenvalue weighted by atomic mass is 10.2. The Morgan fingerprint density at radius 2 is 2.16 bits per heavy atom. The van der Waals surface area contributed by atoms with Crippen LogP contribution in [0.4, 0.5) is 13.2 Å². The molecule has 2 aromatic rings. The molecule has 2 nitrogen and oxygen atoms in total. The third kappa shape index (κ3) is 3.70. The minimum absolute atomic E-state index is 0.203. The second kappa shape index (κ2) is 5.61. The largest absolute Gasteiger partial charge is 0.491 e. The van der Waals surface area contributed by atoms with Crippen LogP contribution >= 0.6 is 11.3 Å². The van der Waals surface area contributed by atoms with Gasteiger partial charge < -0.3 is 4.74 Å². The van der Waals surface area contributed by atoms with E-state index < -0.39 is 11.7 Å². The molecule has 2 aromatic heterocycles. The summed E-state index contributed by atoms with van der Waals surface area (Å²) in [6.45, 7) is 1.72. The fraction of sp³-hybridized carbons (Fsp3) is 0.308. The first-order valence-electron chi connectivity index (χ1n) is 5.66. The SMILES string of the molecule is Cc1cc(C(F)(F)F)c(OCCc2cccs2)cn1. The number of aromatic nitrogens is 1. The van der Waals surface area contributed by atoms with Gasteiger partial charge in [0.1, 0.15) is 11.3 Å². The second-order valence-corrected chi connectivity index (χ2v) is 5.03. The van der Waals surface area contributed by atoms with Crippen LogP contribution in [0.1, 0.15) is 16.1 Å². The van der Waals surface area contributed by atoms with Gasteiger partial charge in [0.15, 0.2) is 0 Å². The van der Waals surface area contributed by atoms with Crippen molar-refractivity contribution in [3.63, 3.8) is 0 Å². The zero-order valence-electron chi connectivity index (χ0n) is 10.2. The Hall–Kier alpha value is -1.56. The van der Waals surface area contributed by atoms with Crippen LogP contribution in [0.3, 0.4) is 0 Å². The van der Waals surface area contributed by atoms with Crippen molar-refractivity contribution in [2.75, 3.05) is 6.61 Å². The van der Waals surface area contributed by atoms with Crippen molar-refractivity contribution in [2.45, 2.75) is 19.5 Å². The van der Waals surface area contributed by atoms with Crippen molar-refractivity contribution in [3.05, 3.63) is 45.9 Å². The molecule has 0 unspecified atom stereocenters. The monoisotopic (exact) mass is 287 g/mol.